The Hall–Kier alpha value is -0.610. The Morgan fingerprint density at radius 3 is 2.80 bits per heavy atom. The molecule has 4 heteroatoms. The maximum atomic E-state index is 11.8. The van der Waals surface area contributed by atoms with Crippen LogP contribution in [0.3, 0.4) is 0 Å². The Bertz CT molecular complexity index is 185. The Kier molecular flexibility index (Phi) is 5.65. The van der Waals surface area contributed by atoms with E-state index < -0.39 is 0 Å². The zero-order valence-electron chi connectivity index (χ0n) is 9.79. The second kappa shape index (κ2) is 6.80. The smallest absolute Gasteiger partial charge is 0.225 e. The van der Waals surface area contributed by atoms with E-state index in [9.17, 15) is 4.79 Å². The van der Waals surface area contributed by atoms with Crippen molar-refractivity contribution in [3.05, 3.63) is 0 Å². The quantitative estimate of drug-likeness (QED) is 0.690. The lowest BCUT2D eigenvalue weighted by molar-refractivity contribution is -0.135. The van der Waals surface area contributed by atoms with Crippen molar-refractivity contribution >= 4 is 5.91 Å². The van der Waals surface area contributed by atoms with Gasteiger partial charge in [-0.05, 0) is 13.0 Å². The number of hydrogen-bond donors (Lipinski definition) is 1. The third kappa shape index (κ3) is 4.62. The van der Waals surface area contributed by atoms with Crippen LogP contribution in [0.2, 0.25) is 0 Å². The van der Waals surface area contributed by atoms with E-state index in [-0.39, 0.29) is 11.8 Å². The summed E-state index contributed by atoms with van der Waals surface area (Å²) in [6.07, 6.45) is 1.03. The van der Waals surface area contributed by atoms with Crippen LogP contribution in [0.15, 0.2) is 0 Å². The summed E-state index contributed by atoms with van der Waals surface area (Å²) in [5.74, 6) is 0.320. The van der Waals surface area contributed by atoms with Gasteiger partial charge in [0, 0.05) is 25.6 Å². The number of ether oxygens (including phenoxy) is 1. The summed E-state index contributed by atoms with van der Waals surface area (Å²) >= 11 is 0. The first-order valence-corrected chi connectivity index (χ1v) is 5.79. The molecule has 1 aliphatic rings. The molecule has 0 aromatic heterocycles. The molecule has 0 spiro atoms. The van der Waals surface area contributed by atoms with Gasteiger partial charge in [0.15, 0.2) is 0 Å². The molecule has 1 aliphatic heterocycles. The second-order valence-electron chi connectivity index (χ2n) is 4.20. The minimum atomic E-state index is 0.0842. The van der Waals surface area contributed by atoms with Crippen molar-refractivity contribution in [2.45, 2.75) is 20.3 Å². The zero-order valence-corrected chi connectivity index (χ0v) is 9.79. The molecule has 0 radical (unpaired) electrons. The standard InChI is InChI=1S/C11H22N2O2/c1-10(2)11(14)13-6-3-4-12-5-8-15-9-7-13/h10,12H,3-9H2,1-2H3. The van der Waals surface area contributed by atoms with Crippen LogP contribution in [0.1, 0.15) is 20.3 Å². The van der Waals surface area contributed by atoms with Gasteiger partial charge in [-0.25, -0.2) is 0 Å². The van der Waals surface area contributed by atoms with Gasteiger partial charge in [0.1, 0.15) is 0 Å². The van der Waals surface area contributed by atoms with Crippen LogP contribution < -0.4 is 5.32 Å². The molecule has 0 aliphatic carbocycles. The molecular weight excluding hydrogens is 192 g/mol. The van der Waals surface area contributed by atoms with Crippen molar-refractivity contribution < 1.29 is 9.53 Å². The molecular formula is C11H22N2O2. The van der Waals surface area contributed by atoms with Gasteiger partial charge in [0.25, 0.3) is 0 Å². The second-order valence-corrected chi connectivity index (χ2v) is 4.20. The Labute approximate surface area is 92.0 Å². The number of nitrogens with one attached hydrogen (secondary N) is 1. The number of carbonyl (C=O) groups is 1. The largest absolute Gasteiger partial charge is 0.378 e. The minimum Gasteiger partial charge on any atom is -0.378 e. The average Bonchev–Trinajstić information content (AvgIpc) is 2.24. The molecule has 15 heavy (non-hydrogen) atoms. The molecule has 0 aromatic carbocycles. The van der Waals surface area contributed by atoms with E-state index in [2.05, 4.69) is 5.32 Å². The van der Waals surface area contributed by atoms with Crippen molar-refractivity contribution in [1.29, 1.82) is 0 Å². The molecule has 0 saturated carbocycles. The fraction of sp³-hybridized carbons (Fsp3) is 0.909. The fourth-order valence-corrected chi connectivity index (χ4v) is 1.64. The molecule has 4 nitrogen and oxygen atoms in total. The highest BCUT2D eigenvalue weighted by Crippen LogP contribution is 2.03. The van der Waals surface area contributed by atoms with Gasteiger partial charge in [0.2, 0.25) is 5.91 Å². The summed E-state index contributed by atoms with van der Waals surface area (Å²) in [6, 6.07) is 0. The zero-order chi connectivity index (χ0) is 11.1. The minimum absolute atomic E-state index is 0.0842. The molecule has 0 bridgehead atoms. The van der Waals surface area contributed by atoms with E-state index in [0.717, 1.165) is 39.2 Å². The summed E-state index contributed by atoms with van der Waals surface area (Å²) in [5.41, 5.74) is 0. The summed E-state index contributed by atoms with van der Waals surface area (Å²) < 4.78 is 5.41. The normalized spacial score (nSPS) is 20.3. The van der Waals surface area contributed by atoms with Crippen LogP contribution in [-0.2, 0) is 9.53 Å². The van der Waals surface area contributed by atoms with E-state index in [4.69, 9.17) is 4.74 Å². The first kappa shape index (κ1) is 12.5. The lowest BCUT2D eigenvalue weighted by Gasteiger charge is -2.25. The van der Waals surface area contributed by atoms with Gasteiger partial charge >= 0.3 is 0 Å². The monoisotopic (exact) mass is 214 g/mol. The number of nitrogens with zero attached hydrogens (tertiary/aromatic N) is 1. The Morgan fingerprint density at radius 1 is 1.27 bits per heavy atom. The molecule has 88 valence electrons. The Balaban J connectivity index is 2.41. The van der Waals surface area contributed by atoms with Crippen LogP contribution >= 0.6 is 0 Å². The van der Waals surface area contributed by atoms with E-state index in [0.29, 0.717) is 6.61 Å². The van der Waals surface area contributed by atoms with Gasteiger partial charge in [-0.1, -0.05) is 13.8 Å². The lowest BCUT2D eigenvalue weighted by Crippen LogP contribution is -2.40. The van der Waals surface area contributed by atoms with Crippen molar-refractivity contribution in [2.75, 3.05) is 39.4 Å². The van der Waals surface area contributed by atoms with Crippen LogP contribution in [-0.4, -0.2) is 50.2 Å². The summed E-state index contributed by atoms with van der Waals surface area (Å²) in [5, 5.41) is 3.28. The third-order valence-corrected chi connectivity index (χ3v) is 2.52. The number of amides is 1. The van der Waals surface area contributed by atoms with Crippen molar-refractivity contribution in [3.63, 3.8) is 0 Å². The van der Waals surface area contributed by atoms with Gasteiger partial charge in [-0.2, -0.15) is 0 Å². The topological polar surface area (TPSA) is 41.6 Å². The molecule has 1 fully saturated rings. The first-order chi connectivity index (χ1) is 7.22. The maximum absolute atomic E-state index is 11.8. The van der Waals surface area contributed by atoms with E-state index in [1.165, 1.54) is 0 Å². The molecule has 1 N–H and O–H groups in total. The highest BCUT2D eigenvalue weighted by molar-refractivity contribution is 5.78. The molecule has 0 atom stereocenters. The summed E-state index contributed by atoms with van der Waals surface area (Å²) in [4.78, 5) is 13.7. The molecule has 0 unspecified atom stereocenters. The molecule has 1 amide bonds. The van der Waals surface area contributed by atoms with Crippen molar-refractivity contribution in [1.82, 2.24) is 10.2 Å². The predicted molar refractivity (Wildman–Crippen MR) is 59.7 cm³/mol. The number of rotatable bonds is 1. The number of carbonyl (C=O) groups excluding carboxylic acids is 1. The highest BCUT2D eigenvalue weighted by Gasteiger charge is 2.16. The van der Waals surface area contributed by atoms with E-state index in [1.807, 2.05) is 18.7 Å². The average molecular weight is 214 g/mol. The van der Waals surface area contributed by atoms with Crippen LogP contribution in [0.5, 0.6) is 0 Å². The van der Waals surface area contributed by atoms with E-state index in [1.54, 1.807) is 0 Å². The maximum Gasteiger partial charge on any atom is 0.225 e. The summed E-state index contributed by atoms with van der Waals surface area (Å²) in [7, 11) is 0. The fourth-order valence-electron chi connectivity index (χ4n) is 1.64. The lowest BCUT2D eigenvalue weighted by atomic mass is 10.2. The number of hydrogen-bond acceptors (Lipinski definition) is 3. The predicted octanol–water partition coefficient (Wildman–Crippen LogP) is 0.481. The van der Waals surface area contributed by atoms with Crippen molar-refractivity contribution in [2.24, 2.45) is 5.92 Å². The molecule has 1 rings (SSSR count). The van der Waals surface area contributed by atoms with Gasteiger partial charge in [0.05, 0.1) is 13.2 Å². The molecule has 0 aromatic rings. The van der Waals surface area contributed by atoms with Gasteiger partial charge < -0.3 is 15.0 Å². The van der Waals surface area contributed by atoms with Crippen LogP contribution in [0.4, 0.5) is 0 Å². The van der Waals surface area contributed by atoms with Gasteiger partial charge in [-0.15, -0.1) is 0 Å². The molecule has 1 saturated heterocycles. The SMILES string of the molecule is CC(C)C(=O)N1CCCNCCOCC1. The van der Waals surface area contributed by atoms with Crippen molar-refractivity contribution in [3.8, 4) is 0 Å². The van der Waals surface area contributed by atoms with Crippen LogP contribution in [0.25, 0.3) is 0 Å². The third-order valence-electron chi connectivity index (χ3n) is 2.52. The van der Waals surface area contributed by atoms with Gasteiger partial charge in [-0.3, -0.25) is 4.79 Å². The highest BCUT2D eigenvalue weighted by atomic mass is 16.5. The van der Waals surface area contributed by atoms with Crippen LogP contribution in [0, 0.1) is 5.92 Å². The Morgan fingerprint density at radius 2 is 2.07 bits per heavy atom. The molecule has 1 heterocycles. The summed E-state index contributed by atoms with van der Waals surface area (Å²) in [6.45, 7) is 8.73. The first-order valence-electron chi connectivity index (χ1n) is 5.79. The van der Waals surface area contributed by atoms with E-state index >= 15 is 0 Å².